The number of aliphatic hydroxyl groups excluding tert-OH is 1. The highest BCUT2D eigenvalue weighted by Crippen LogP contribution is 2.26. The Balaban J connectivity index is 0.000000631. The molecule has 8 heteroatoms. The highest BCUT2D eigenvalue weighted by molar-refractivity contribution is 5.71. The quantitative estimate of drug-likeness (QED) is 0.383. The average Bonchev–Trinajstić information content (AvgIpc) is 2.94. The summed E-state index contributed by atoms with van der Waals surface area (Å²) in [6.45, 7) is 6.51. The van der Waals surface area contributed by atoms with Crippen LogP contribution in [0.1, 0.15) is 29.7 Å². The third-order valence-electron chi connectivity index (χ3n) is 6.31. The maximum Gasteiger partial charge on any atom is 0.332 e. The smallest absolute Gasteiger partial charge is 0.332 e. The van der Waals surface area contributed by atoms with Crippen LogP contribution in [0.25, 0.3) is 0 Å². The Morgan fingerprint density at radius 2 is 1.41 bits per heavy atom. The number of carboxylic acids is 1. The van der Waals surface area contributed by atoms with Crippen molar-refractivity contribution in [1.29, 1.82) is 0 Å². The first-order valence-corrected chi connectivity index (χ1v) is 13.0. The van der Waals surface area contributed by atoms with Crippen molar-refractivity contribution in [1.82, 2.24) is 9.80 Å². The number of benzene rings is 3. The molecule has 39 heavy (non-hydrogen) atoms. The van der Waals surface area contributed by atoms with Crippen LogP contribution in [-0.2, 0) is 16.0 Å². The lowest BCUT2D eigenvalue weighted by Crippen LogP contribution is -2.45. The molecular weight excluding hydrogens is 502 g/mol. The number of carboxylic acid groups (broad SMARTS) is 1. The molecular formula is C31H36F2N2O4. The van der Waals surface area contributed by atoms with Gasteiger partial charge >= 0.3 is 5.97 Å². The summed E-state index contributed by atoms with van der Waals surface area (Å²) in [5.74, 6) is -1.76. The van der Waals surface area contributed by atoms with Crippen LogP contribution in [0.3, 0.4) is 0 Å². The lowest BCUT2D eigenvalue weighted by atomic mass is 10.0. The molecule has 1 aliphatic rings. The predicted octanol–water partition coefficient (Wildman–Crippen LogP) is 4.90. The summed E-state index contributed by atoms with van der Waals surface area (Å²) in [4.78, 5) is 14.2. The molecule has 1 fully saturated rings. The van der Waals surface area contributed by atoms with E-state index in [0.29, 0.717) is 6.61 Å². The van der Waals surface area contributed by atoms with Crippen LogP contribution in [0.2, 0.25) is 0 Å². The van der Waals surface area contributed by atoms with Gasteiger partial charge in [-0.2, -0.15) is 0 Å². The van der Waals surface area contributed by atoms with Gasteiger partial charge in [-0.15, -0.1) is 0 Å². The number of rotatable bonds is 10. The van der Waals surface area contributed by atoms with Gasteiger partial charge in [0.05, 0.1) is 6.61 Å². The highest BCUT2D eigenvalue weighted by Gasteiger charge is 2.18. The molecule has 2 N–H and O–H groups in total. The Morgan fingerprint density at radius 3 is 1.90 bits per heavy atom. The molecule has 4 rings (SSSR count). The zero-order valence-electron chi connectivity index (χ0n) is 22.1. The van der Waals surface area contributed by atoms with E-state index in [9.17, 15) is 13.6 Å². The minimum Gasteiger partial charge on any atom is -0.479 e. The molecule has 1 heterocycles. The fraction of sp³-hybridized carbons (Fsp3) is 0.323. The van der Waals surface area contributed by atoms with Crippen molar-refractivity contribution in [2.45, 2.75) is 25.6 Å². The van der Waals surface area contributed by atoms with Gasteiger partial charge in [-0.05, 0) is 60.5 Å². The van der Waals surface area contributed by atoms with Crippen LogP contribution in [0.4, 0.5) is 8.78 Å². The number of carbonyl (C=O) groups is 1. The molecule has 3 aromatic carbocycles. The molecule has 1 unspecified atom stereocenters. The second kappa shape index (κ2) is 15.7. The number of piperazine rings is 1. The second-order valence-electron chi connectivity index (χ2n) is 9.32. The van der Waals surface area contributed by atoms with E-state index >= 15 is 0 Å². The summed E-state index contributed by atoms with van der Waals surface area (Å²) >= 11 is 0. The Labute approximate surface area is 228 Å². The lowest BCUT2D eigenvalue weighted by molar-refractivity contribution is -0.145. The molecule has 1 atom stereocenters. The number of allylic oxidation sites excluding steroid dienone is 1. The van der Waals surface area contributed by atoms with E-state index < -0.39 is 12.1 Å². The molecule has 0 aliphatic carbocycles. The van der Waals surface area contributed by atoms with Gasteiger partial charge in [0.15, 0.2) is 0 Å². The maximum atomic E-state index is 13.4. The zero-order chi connectivity index (χ0) is 28.0. The third kappa shape index (κ3) is 10.6. The highest BCUT2D eigenvalue weighted by atomic mass is 19.1. The zero-order valence-corrected chi connectivity index (χ0v) is 22.1. The monoisotopic (exact) mass is 538 g/mol. The van der Waals surface area contributed by atoms with Crippen LogP contribution < -0.4 is 0 Å². The first-order chi connectivity index (χ1) is 18.8. The number of hydrogen-bond acceptors (Lipinski definition) is 5. The van der Waals surface area contributed by atoms with Gasteiger partial charge in [-0.1, -0.05) is 60.7 Å². The van der Waals surface area contributed by atoms with Gasteiger partial charge in [0.1, 0.15) is 23.8 Å². The van der Waals surface area contributed by atoms with Crippen molar-refractivity contribution < 1.29 is 28.5 Å². The number of aliphatic carboxylic acids is 1. The largest absolute Gasteiger partial charge is 0.479 e. The molecule has 0 spiro atoms. The Kier molecular flexibility index (Phi) is 12.1. The standard InChI is InChI=1S/C28H30F2N2O.C3H6O3/c29-26-12-8-24(9-13-26)28(25-10-14-27(30)15-11-25)33-22-21-32-19-17-31(18-20-32)16-4-7-23-5-2-1-3-6-23;1-2(4)3(5)6/h1-6,8-16,28H,7,17-22H2;2,4H,1H3,(H,5,6)/b16-4+;. The van der Waals surface area contributed by atoms with Gasteiger partial charge in [0, 0.05) is 32.7 Å². The molecule has 1 aliphatic heterocycles. The van der Waals surface area contributed by atoms with Crippen molar-refractivity contribution >= 4 is 5.97 Å². The fourth-order valence-electron chi connectivity index (χ4n) is 4.05. The molecule has 6 nitrogen and oxygen atoms in total. The van der Waals surface area contributed by atoms with Crippen molar-refractivity contribution in [2.75, 3.05) is 39.3 Å². The molecule has 0 amide bonds. The van der Waals surface area contributed by atoms with Crippen LogP contribution in [0, 0.1) is 11.6 Å². The summed E-state index contributed by atoms with van der Waals surface area (Å²) in [5, 5.41) is 15.8. The average molecular weight is 539 g/mol. The number of hydrogen-bond donors (Lipinski definition) is 2. The van der Waals surface area contributed by atoms with Gasteiger partial charge < -0.3 is 19.8 Å². The molecule has 0 aromatic heterocycles. The number of aliphatic hydroxyl groups is 1. The Bertz CT molecular complexity index is 1100. The lowest BCUT2D eigenvalue weighted by Gasteiger charge is -2.34. The summed E-state index contributed by atoms with van der Waals surface area (Å²) in [5.41, 5.74) is 3.04. The first-order valence-electron chi connectivity index (χ1n) is 13.0. The van der Waals surface area contributed by atoms with Gasteiger partial charge in [-0.25, -0.2) is 13.6 Å². The van der Waals surface area contributed by atoms with E-state index in [1.165, 1.54) is 36.8 Å². The van der Waals surface area contributed by atoms with Gasteiger partial charge in [-0.3, -0.25) is 4.90 Å². The minimum absolute atomic E-state index is 0.285. The summed E-state index contributed by atoms with van der Waals surface area (Å²) < 4.78 is 33.0. The van der Waals surface area contributed by atoms with E-state index in [2.05, 4.69) is 46.3 Å². The van der Waals surface area contributed by atoms with Crippen molar-refractivity contribution in [3.63, 3.8) is 0 Å². The SMILES string of the molecule is CC(O)C(=O)O.Fc1ccc(C(OCCN2CCN(/C=C/Cc3ccccc3)CC2)c2ccc(F)cc2)cc1. The van der Waals surface area contributed by atoms with Gasteiger partial charge in [0.2, 0.25) is 0 Å². The van der Waals surface area contributed by atoms with Crippen LogP contribution in [0.5, 0.6) is 0 Å². The molecule has 0 bridgehead atoms. The molecule has 1 saturated heterocycles. The summed E-state index contributed by atoms with van der Waals surface area (Å²) in [6.07, 6.45) is 3.80. The van der Waals surface area contributed by atoms with E-state index in [-0.39, 0.29) is 17.7 Å². The molecule has 3 aromatic rings. The van der Waals surface area contributed by atoms with E-state index in [4.69, 9.17) is 14.9 Å². The first kappa shape index (κ1) is 30.0. The Morgan fingerprint density at radius 1 is 0.897 bits per heavy atom. The predicted molar refractivity (Wildman–Crippen MR) is 147 cm³/mol. The van der Waals surface area contributed by atoms with Crippen molar-refractivity contribution in [2.24, 2.45) is 0 Å². The van der Waals surface area contributed by atoms with Crippen LogP contribution >= 0.6 is 0 Å². The van der Waals surface area contributed by atoms with Crippen molar-refractivity contribution in [3.05, 3.63) is 119 Å². The normalized spacial score (nSPS) is 14.7. The second-order valence-corrected chi connectivity index (χ2v) is 9.32. The van der Waals surface area contributed by atoms with E-state index in [1.807, 2.05) is 6.07 Å². The minimum atomic E-state index is -1.23. The molecule has 208 valence electrons. The van der Waals surface area contributed by atoms with Crippen LogP contribution in [-0.4, -0.2) is 71.4 Å². The molecule has 0 saturated carbocycles. The number of ether oxygens (including phenoxy) is 1. The number of halogens is 2. The van der Waals surface area contributed by atoms with Crippen LogP contribution in [0.15, 0.2) is 91.1 Å². The summed E-state index contributed by atoms with van der Waals surface area (Å²) in [7, 11) is 0. The third-order valence-corrected chi connectivity index (χ3v) is 6.31. The Hall–Kier alpha value is -3.59. The number of nitrogens with zero attached hydrogens (tertiary/aromatic N) is 2. The maximum absolute atomic E-state index is 13.4. The summed E-state index contributed by atoms with van der Waals surface area (Å²) in [6, 6.07) is 23.1. The topological polar surface area (TPSA) is 73.2 Å². The van der Waals surface area contributed by atoms with E-state index in [0.717, 1.165) is 50.3 Å². The van der Waals surface area contributed by atoms with Crippen molar-refractivity contribution in [3.8, 4) is 0 Å². The van der Waals surface area contributed by atoms with E-state index in [1.54, 1.807) is 24.3 Å². The fourth-order valence-corrected chi connectivity index (χ4v) is 4.05. The van der Waals surface area contributed by atoms with Gasteiger partial charge in [0.25, 0.3) is 0 Å². The molecule has 0 radical (unpaired) electrons.